The molecule has 1 N–H and O–H groups in total. The second-order valence-corrected chi connectivity index (χ2v) is 6.84. The van der Waals surface area contributed by atoms with Crippen LogP contribution in [0.5, 0.6) is 0 Å². The highest BCUT2D eigenvalue weighted by Gasteiger charge is 2.13. The molecule has 0 saturated heterocycles. The normalized spacial score (nSPS) is 11.4. The van der Waals surface area contributed by atoms with Crippen molar-refractivity contribution in [2.24, 2.45) is 14.1 Å². The summed E-state index contributed by atoms with van der Waals surface area (Å²) in [5.74, 6) is -0.179. The maximum absolute atomic E-state index is 11.8. The van der Waals surface area contributed by atoms with Gasteiger partial charge in [-0.1, -0.05) is 6.58 Å². The Bertz CT molecular complexity index is 804. The van der Waals surface area contributed by atoms with Gasteiger partial charge in [0.05, 0.1) is 17.6 Å². The molecule has 1 amide bonds. The number of hydrogen-bond acceptors (Lipinski definition) is 5. The molecule has 0 bridgehead atoms. The number of aryl methyl sites for hydroxylation is 2. The van der Waals surface area contributed by atoms with Crippen LogP contribution in [0.2, 0.25) is 0 Å². The average Bonchev–Trinajstić information content (AvgIpc) is 3.04. The van der Waals surface area contributed by atoms with Gasteiger partial charge in [-0.25, -0.2) is 8.42 Å². The van der Waals surface area contributed by atoms with Gasteiger partial charge in [-0.2, -0.15) is 10.2 Å². The van der Waals surface area contributed by atoms with Gasteiger partial charge < -0.3 is 5.32 Å². The quantitative estimate of drug-likeness (QED) is 0.844. The second-order valence-electron chi connectivity index (χ2n) is 4.77. The van der Waals surface area contributed by atoms with Crippen molar-refractivity contribution in [3.8, 4) is 11.3 Å². The molecular weight excluding hydrogens is 306 g/mol. The highest BCUT2D eigenvalue weighted by Crippen LogP contribution is 2.20. The lowest BCUT2D eigenvalue weighted by Crippen LogP contribution is -2.17. The van der Waals surface area contributed by atoms with E-state index in [-0.39, 0.29) is 12.2 Å². The van der Waals surface area contributed by atoms with Crippen LogP contribution in [0, 0.1) is 0 Å². The Kier molecular flexibility index (Phi) is 4.45. The standard InChI is InChI=1S/C13H17N5O3S/c1-4-22(20,21)6-5-13(19)15-12-7-11(16-18(12)3)10-8-14-17(2)9-10/h4,7-9H,1,5-6H2,2-3H3,(H,15,19). The summed E-state index contributed by atoms with van der Waals surface area (Å²) in [5.41, 5.74) is 1.50. The predicted octanol–water partition coefficient (Wildman–Crippen LogP) is 0.707. The fraction of sp³-hybridized carbons (Fsp3) is 0.308. The van der Waals surface area contributed by atoms with Crippen molar-refractivity contribution in [1.29, 1.82) is 0 Å². The zero-order chi connectivity index (χ0) is 16.3. The number of anilines is 1. The minimum Gasteiger partial charge on any atom is -0.311 e. The number of nitrogens with zero attached hydrogens (tertiary/aromatic N) is 4. The van der Waals surface area contributed by atoms with Gasteiger partial charge in [-0.3, -0.25) is 14.2 Å². The van der Waals surface area contributed by atoms with Crippen molar-refractivity contribution in [2.45, 2.75) is 6.42 Å². The van der Waals surface area contributed by atoms with Crippen LogP contribution in [0.1, 0.15) is 6.42 Å². The van der Waals surface area contributed by atoms with Gasteiger partial charge in [0.25, 0.3) is 0 Å². The number of rotatable bonds is 6. The summed E-state index contributed by atoms with van der Waals surface area (Å²) < 4.78 is 25.8. The number of aromatic nitrogens is 4. The lowest BCUT2D eigenvalue weighted by Gasteiger charge is -2.04. The molecule has 118 valence electrons. The summed E-state index contributed by atoms with van der Waals surface area (Å²) in [4.78, 5) is 11.8. The van der Waals surface area contributed by atoms with Gasteiger partial charge in [0.2, 0.25) is 5.91 Å². The number of nitrogens with one attached hydrogen (secondary N) is 1. The molecule has 0 fully saturated rings. The third-order valence-electron chi connectivity index (χ3n) is 3.02. The minimum atomic E-state index is -3.38. The molecule has 9 heteroatoms. The lowest BCUT2D eigenvalue weighted by molar-refractivity contribution is -0.115. The third kappa shape index (κ3) is 3.82. The monoisotopic (exact) mass is 323 g/mol. The molecule has 22 heavy (non-hydrogen) atoms. The van der Waals surface area contributed by atoms with Crippen molar-refractivity contribution in [2.75, 3.05) is 11.1 Å². The molecule has 0 saturated carbocycles. The van der Waals surface area contributed by atoms with Gasteiger partial charge in [0.1, 0.15) is 5.82 Å². The highest BCUT2D eigenvalue weighted by atomic mass is 32.2. The highest BCUT2D eigenvalue weighted by molar-refractivity contribution is 7.94. The van der Waals surface area contributed by atoms with E-state index < -0.39 is 15.7 Å². The maximum Gasteiger partial charge on any atom is 0.226 e. The summed E-state index contributed by atoms with van der Waals surface area (Å²) in [7, 11) is 0.109. The van der Waals surface area contributed by atoms with Crippen molar-refractivity contribution >= 4 is 21.6 Å². The van der Waals surface area contributed by atoms with Crippen LogP contribution >= 0.6 is 0 Å². The molecular formula is C13H17N5O3S. The molecule has 0 spiro atoms. The molecule has 0 radical (unpaired) electrons. The van der Waals surface area contributed by atoms with Crippen molar-refractivity contribution in [1.82, 2.24) is 19.6 Å². The average molecular weight is 323 g/mol. The Labute approximate surface area is 128 Å². The van der Waals surface area contributed by atoms with E-state index in [1.54, 1.807) is 31.0 Å². The van der Waals surface area contributed by atoms with Gasteiger partial charge in [0.15, 0.2) is 9.84 Å². The van der Waals surface area contributed by atoms with E-state index in [4.69, 9.17) is 0 Å². The molecule has 2 aromatic heterocycles. The smallest absolute Gasteiger partial charge is 0.226 e. The predicted molar refractivity (Wildman–Crippen MR) is 82.6 cm³/mol. The summed E-state index contributed by atoms with van der Waals surface area (Å²) in [6, 6.07) is 1.71. The molecule has 2 aromatic rings. The van der Waals surface area contributed by atoms with Crippen LogP contribution in [-0.2, 0) is 28.7 Å². The summed E-state index contributed by atoms with van der Waals surface area (Å²) in [6.07, 6.45) is 3.34. The Morgan fingerprint density at radius 1 is 1.45 bits per heavy atom. The Balaban J connectivity index is 2.06. The number of carbonyl (C=O) groups excluding carboxylic acids is 1. The molecule has 0 atom stereocenters. The zero-order valence-electron chi connectivity index (χ0n) is 12.4. The van der Waals surface area contributed by atoms with Crippen molar-refractivity contribution in [3.63, 3.8) is 0 Å². The first-order valence-corrected chi connectivity index (χ1v) is 8.20. The molecule has 0 aromatic carbocycles. The van der Waals surface area contributed by atoms with E-state index in [0.717, 1.165) is 11.0 Å². The van der Waals surface area contributed by atoms with E-state index in [2.05, 4.69) is 22.1 Å². The van der Waals surface area contributed by atoms with Crippen LogP contribution in [0.25, 0.3) is 11.3 Å². The van der Waals surface area contributed by atoms with E-state index in [1.165, 1.54) is 4.68 Å². The molecule has 2 heterocycles. The number of amides is 1. The van der Waals surface area contributed by atoms with Crippen LogP contribution in [0.3, 0.4) is 0 Å². The van der Waals surface area contributed by atoms with Crippen molar-refractivity contribution < 1.29 is 13.2 Å². The first kappa shape index (κ1) is 16.0. The number of carbonyl (C=O) groups is 1. The Morgan fingerprint density at radius 3 is 2.77 bits per heavy atom. The van der Waals surface area contributed by atoms with E-state index in [1.807, 2.05) is 6.20 Å². The van der Waals surface area contributed by atoms with E-state index in [9.17, 15) is 13.2 Å². The second kappa shape index (κ2) is 6.14. The number of sulfone groups is 1. The van der Waals surface area contributed by atoms with Crippen LogP contribution < -0.4 is 5.32 Å². The molecule has 2 rings (SSSR count). The first-order chi connectivity index (χ1) is 10.3. The van der Waals surface area contributed by atoms with Gasteiger partial charge >= 0.3 is 0 Å². The third-order valence-corrected chi connectivity index (χ3v) is 4.30. The van der Waals surface area contributed by atoms with Gasteiger partial charge in [-0.05, 0) is 0 Å². The topological polar surface area (TPSA) is 98.9 Å². The Hall–Kier alpha value is -2.42. The summed E-state index contributed by atoms with van der Waals surface area (Å²) in [5, 5.41) is 11.8. The minimum absolute atomic E-state index is 0.137. The molecule has 8 nitrogen and oxygen atoms in total. The zero-order valence-corrected chi connectivity index (χ0v) is 13.2. The van der Waals surface area contributed by atoms with E-state index in [0.29, 0.717) is 11.5 Å². The fourth-order valence-electron chi connectivity index (χ4n) is 1.80. The molecule has 0 aliphatic carbocycles. The lowest BCUT2D eigenvalue weighted by atomic mass is 10.2. The fourth-order valence-corrected chi connectivity index (χ4v) is 2.44. The maximum atomic E-state index is 11.8. The first-order valence-electron chi connectivity index (χ1n) is 6.49. The van der Waals surface area contributed by atoms with Crippen molar-refractivity contribution in [3.05, 3.63) is 30.4 Å². The largest absolute Gasteiger partial charge is 0.311 e. The number of hydrogen-bond donors (Lipinski definition) is 1. The van der Waals surface area contributed by atoms with Gasteiger partial charge in [0, 0.05) is 43.8 Å². The van der Waals surface area contributed by atoms with Gasteiger partial charge in [-0.15, -0.1) is 0 Å². The Morgan fingerprint density at radius 2 is 2.18 bits per heavy atom. The van der Waals surface area contributed by atoms with E-state index >= 15 is 0 Å². The summed E-state index contributed by atoms with van der Waals surface area (Å²) >= 11 is 0. The SMILES string of the molecule is C=CS(=O)(=O)CCC(=O)Nc1cc(-c2cnn(C)c2)nn1C. The molecule has 0 unspecified atom stereocenters. The van der Waals surface area contributed by atoms with Crippen LogP contribution in [-0.4, -0.2) is 39.6 Å². The molecule has 0 aliphatic rings. The van der Waals surface area contributed by atoms with Crippen LogP contribution in [0.4, 0.5) is 5.82 Å². The van der Waals surface area contributed by atoms with Crippen LogP contribution in [0.15, 0.2) is 30.4 Å². The summed E-state index contributed by atoms with van der Waals surface area (Å²) in [6.45, 7) is 3.21. The molecule has 0 aliphatic heterocycles.